The van der Waals surface area contributed by atoms with Gasteiger partial charge in [0.1, 0.15) is 0 Å². The molecule has 1 N–H and O–H groups in total. The van der Waals surface area contributed by atoms with Crippen LogP contribution in [0.15, 0.2) is 23.0 Å². The Morgan fingerprint density at radius 1 is 1.04 bits per heavy atom. The largest absolute Gasteiger partial charge is 0.338 e. The van der Waals surface area contributed by atoms with Crippen LogP contribution in [0.5, 0.6) is 0 Å². The van der Waals surface area contributed by atoms with Gasteiger partial charge in [-0.2, -0.15) is 0 Å². The molecule has 2 aromatic rings. The monoisotopic (exact) mass is 376 g/mol. The number of aromatic nitrogens is 1. The molecule has 1 aliphatic heterocycles. The predicted octanol–water partition coefficient (Wildman–Crippen LogP) is 3.94. The van der Waals surface area contributed by atoms with Gasteiger partial charge in [0.15, 0.2) is 0 Å². The molecule has 4 aliphatic carbocycles. The van der Waals surface area contributed by atoms with E-state index in [1.165, 1.54) is 30.4 Å². The molecule has 2 heterocycles. The summed E-state index contributed by atoms with van der Waals surface area (Å²) in [5, 5.41) is 1.09. The van der Waals surface area contributed by atoms with Gasteiger partial charge in [0.2, 0.25) is 5.91 Å². The average molecular weight is 377 g/mol. The van der Waals surface area contributed by atoms with Crippen molar-refractivity contribution in [2.75, 3.05) is 6.54 Å². The number of carbonyl (C=O) groups excluding carboxylic acids is 1. The molecule has 1 amide bonds. The highest BCUT2D eigenvalue weighted by Crippen LogP contribution is 2.60. The highest BCUT2D eigenvalue weighted by Gasteiger charge is 2.55. The predicted molar refractivity (Wildman–Crippen MR) is 109 cm³/mol. The lowest BCUT2D eigenvalue weighted by Crippen LogP contribution is -2.55. The number of carbonyl (C=O) groups is 1. The first-order valence-electron chi connectivity index (χ1n) is 10.9. The molecule has 4 heteroatoms. The zero-order chi connectivity index (χ0) is 19.0. The van der Waals surface area contributed by atoms with Gasteiger partial charge in [0, 0.05) is 24.2 Å². The van der Waals surface area contributed by atoms with Crippen molar-refractivity contribution in [3.8, 4) is 0 Å². The van der Waals surface area contributed by atoms with Crippen LogP contribution in [0.2, 0.25) is 0 Å². The van der Waals surface area contributed by atoms with Crippen molar-refractivity contribution in [2.45, 2.75) is 58.4 Å². The minimum atomic E-state index is -0.0610. The molecule has 5 aliphatic rings. The second kappa shape index (κ2) is 5.71. The summed E-state index contributed by atoms with van der Waals surface area (Å²) in [5.41, 5.74) is 4.09. The Kier molecular flexibility index (Phi) is 3.43. The summed E-state index contributed by atoms with van der Waals surface area (Å²) in [6.45, 7) is 3.38. The molecule has 0 radical (unpaired) electrons. The highest BCUT2D eigenvalue weighted by atomic mass is 16.2. The number of aromatic amines is 1. The molecule has 4 fully saturated rings. The molecule has 4 saturated carbocycles. The molecule has 0 unspecified atom stereocenters. The van der Waals surface area contributed by atoms with E-state index in [-0.39, 0.29) is 11.0 Å². The number of nitrogens with one attached hydrogen (secondary N) is 1. The summed E-state index contributed by atoms with van der Waals surface area (Å²) in [5.74, 6) is 2.81. The summed E-state index contributed by atoms with van der Waals surface area (Å²) >= 11 is 0. The quantitative estimate of drug-likeness (QED) is 0.820. The maximum atomic E-state index is 13.7. The number of nitrogens with zero attached hydrogens (tertiary/aromatic N) is 1. The molecule has 28 heavy (non-hydrogen) atoms. The molecule has 4 nitrogen and oxygen atoms in total. The number of amides is 1. The van der Waals surface area contributed by atoms with Crippen molar-refractivity contribution in [3.05, 3.63) is 45.2 Å². The smallest absolute Gasteiger partial charge is 0.251 e. The lowest BCUT2D eigenvalue weighted by atomic mass is 9.49. The number of pyridine rings is 1. The Morgan fingerprint density at radius 2 is 1.71 bits per heavy atom. The van der Waals surface area contributed by atoms with Gasteiger partial charge < -0.3 is 9.88 Å². The third kappa shape index (κ3) is 2.42. The van der Waals surface area contributed by atoms with Crippen LogP contribution in [0.1, 0.15) is 55.2 Å². The Morgan fingerprint density at radius 3 is 2.39 bits per heavy atom. The van der Waals surface area contributed by atoms with Gasteiger partial charge in [-0.05, 0) is 104 Å². The Bertz CT molecular complexity index is 1020. The van der Waals surface area contributed by atoms with Crippen LogP contribution in [0.3, 0.4) is 0 Å². The number of aryl methyl sites for hydroxylation is 1. The SMILES string of the molecule is Cc1cc2cc3c(cc2[nH]c1=O)CN(C(=O)C12CC4CC(CC(C4)C1)C2)CC3. The van der Waals surface area contributed by atoms with E-state index in [1.807, 2.05) is 13.0 Å². The number of hydrogen-bond donors (Lipinski definition) is 1. The summed E-state index contributed by atoms with van der Waals surface area (Å²) < 4.78 is 0. The van der Waals surface area contributed by atoms with E-state index in [4.69, 9.17) is 0 Å². The topological polar surface area (TPSA) is 53.2 Å². The van der Waals surface area contributed by atoms with Gasteiger partial charge in [0.05, 0.1) is 5.41 Å². The number of fused-ring (bicyclic) bond motifs is 2. The van der Waals surface area contributed by atoms with Crippen LogP contribution < -0.4 is 5.56 Å². The molecular formula is C24H28N2O2. The Balaban J connectivity index is 1.31. The van der Waals surface area contributed by atoms with E-state index in [2.05, 4.69) is 22.0 Å². The molecule has 4 bridgehead atoms. The number of hydrogen-bond acceptors (Lipinski definition) is 2. The lowest BCUT2D eigenvalue weighted by molar-refractivity contribution is -0.158. The van der Waals surface area contributed by atoms with Crippen molar-refractivity contribution >= 4 is 16.8 Å². The second-order valence-corrected chi connectivity index (χ2v) is 10.2. The van der Waals surface area contributed by atoms with E-state index < -0.39 is 0 Å². The fourth-order valence-corrected chi connectivity index (χ4v) is 7.26. The molecular weight excluding hydrogens is 348 g/mol. The van der Waals surface area contributed by atoms with Crippen molar-refractivity contribution in [1.29, 1.82) is 0 Å². The van der Waals surface area contributed by atoms with Crippen LogP contribution in [0, 0.1) is 30.1 Å². The molecule has 1 aromatic carbocycles. The van der Waals surface area contributed by atoms with E-state index in [0.29, 0.717) is 12.5 Å². The van der Waals surface area contributed by atoms with Crippen LogP contribution in [-0.4, -0.2) is 22.3 Å². The van der Waals surface area contributed by atoms with Crippen molar-refractivity contribution < 1.29 is 4.79 Å². The van der Waals surface area contributed by atoms with Gasteiger partial charge in [-0.25, -0.2) is 0 Å². The molecule has 0 spiro atoms. The van der Waals surface area contributed by atoms with Gasteiger partial charge >= 0.3 is 0 Å². The molecule has 0 atom stereocenters. The van der Waals surface area contributed by atoms with Gasteiger partial charge in [-0.1, -0.05) is 0 Å². The molecule has 7 rings (SSSR count). The third-order valence-corrected chi connectivity index (χ3v) is 8.14. The fraction of sp³-hybridized carbons (Fsp3) is 0.583. The van der Waals surface area contributed by atoms with Crippen LogP contribution >= 0.6 is 0 Å². The first-order chi connectivity index (χ1) is 13.5. The second-order valence-electron chi connectivity index (χ2n) is 10.2. The van der Waals surface area contributed by atoms with Crippen LogP contribution in [0.4, 0.5) is 0 Å². The summed E-state index contributed by atoms with van der Waals surface area (Å²) in [4.78, 5) is 30.8. The van der Waals surface area contributed by atoms with E-state index >= 15 is 0 Å². The van der Waals surface area contributed by atoms with Gasteiger partial charge in [-0.3, -0.25) is 9.59 Å². The average Bonchev–Trinajstić information content (AvgIpc) is 2.65. The first kappa shape index (κ1) is 16.8. The van der Waals surface area contributed by atoms with Crippen LogP contribution in [-0.2, 0) is 17.8 Å². The zero-order valence-electron chi connectivity index (χ0n) is 16.6. The maximum absolute atomic E-state index is 13.7. The number of rotatable bonds is 1. The summed E-state index contributed by atoms with van der Waals surface area (Å²) in [7, 11) is 0. The normalized spacial score (nSPS) is 33.3. The minimum absolute atomic E-state index is 0.0234. The van der Waals surface area contributed by atoms with Crippen LogP contribution in [0.25, 0.3) is 10.9 Å². The standard InChI is InChI=1S/C24H28N2O2/c1-14-4-19-8-18-2-3-26(13-20(18)9-21(19)25-22(14)27)23(28)24-10-15-5-16(11-24)7-17(6-15)12-24/h4,8-9,15-17H,2-3,5-7,10-13H2,1H3,(H,25,27). The maximum Gasteiger partial charge on any atom is 0.251 e. The molecule has 146 valence electrons. The molecule has 0 saturated heterocycles. The molecule has 1 aromatic heterocycles. The highest BCUT2D eigenvalue weighted by molar-refractivity contribution is 5.85. The van der Waals surface area contributed by atoms with Gasteiger partial charge in [0.25, 0.3) is 5.56 Å². The van der Waals surface area contributed by atoms with E-state index in [0.717, 1.165) is 66.4 Å². The Labute approximate surface area is 165 Å². The zero-order valence-corrected chi connectivity index (χ0v) is 16.6. The minimum Gasteiger partial charge on any atom is -0.338 e. The van der Waals surface area contributed by atoms with E-state index in [1.54, 1.807) is 0 Å². The fourth-order valence-electron chi connectivity index (χ4n) is 7.26. The third-order valence-electron chi connectivity index (χ3n) is 8.14. The van der Waals surface area contributed by atoms with Crippen molar-refractivity contribution in [1.82, 2.24) is 9.88 Å². The number of benzene rings is 1. The Hall–Kier alpha value is -2.10. The van der Waals surface area contributed by atoms with Crippen molar-refractivity contribution in [2.24, 2.45) is 23.2 Å². The first-order valence-corrected chi connectivity index (χ1v) is 10.9. The van der Waals surface area contributed by atoms with Crippen molar-refractivity contribution in [3.63, 3.8) is 0 Å². The van der Waals surface area contributed by atoms with E-state index in [9.17, 15) is 9.59 Å². The summed E-state index contributed by atoms with van der Waals surface area (Å²) in [6.07, 6.45) is 8.42. The lowest BCUT2D eigenvalue weighted by Gasteiger charge is -2.56. The number of H-pyrrole nitrogens is 1. The summed E-state index contributed by atoms with van der Waals surface area (Å²) in [6, 6.07) is 6.28. The van der Waals surface area contributed by atoms with Gasteiger partial charge in [-0.15, -0.1) is 0 Å².